The van der Waals surface area contributed by atoms with Crippen LogP contribution in [-0.4, -0.2) is 48.8 Å². The second-order valence-electron chi connectivity index (χ2n) is 6.86. The first-order valence-electron chi connectivity index (χ1n) is 7.65. The molecule has 0 amide bonds. The molecule has 2 aliphatic heterocycles. The van der Waals surface area contributed by atoms with E-state index in [2.05, 4.69) is 31.0 Å². The second-order valence-corrected chi connectivity index (χ2v) is 6.86. The van der Waals surface area contributed by atoms with Crippen molar-refractivity contribution in [1.29, 1.82) is 0 Å². The lowest BCUT2D eigenvalue weighted by Crippen LogP contribution is -2.54. The Labute approximate surface area is 112 Å². The predicted octanol–water partition coefficient (Wildman–Crippen LogP) is 2.41. The minimum absolute atomic E-state index is 0.235. The van der Waals surface area contributed by atoms with Crippen LogP contribution < -0.4 is 5.32 Å². The van der Waals surface area contributed by atoms with Gasteiger partial charge in [0.1, 0.15) is 0 Å². The number of likely N-dealkylation sites (tertiary alicyclic amines) is 1. The number of nitrogens with zero attached hydrogens (tertiary/aromatic N) is 1. The summed E-state index contributed by atoms with van der Waals surface area (Å²) in [7, 11) is 0. The Morgan fingerprint density at radius 3 is 2.50 bits per heavy atom. The molecule has 0 aromatic heterocycles. The van der Waals surface area contributed by atoms with Gasteiger partial charge in [-0.15, -0.1) is 0 Å². The summed E-state index contributed by atoms with van der Waals surface area (Å²) in [4.78, 5) is 2.77. The number of piperidine rings is 1. The van der Waals surface area contributed by atoms with Crippen molar-refractivity contribution in [2.75, 3.05) is 26.3 Å². The quantitative estimate of drug-likeness (QED) is 0.837. The Hall–Kier alpha value is -0.120. The first kappa shape index (κ1) is 14.3. The third kappa shape index (κ3) is 4.22. The fourth-order valence-electron chi connectivity index (χ4n) is 3.16. The van der Waals surface area contributed by atoms with Gasteiger partial charge in [0.25, 0.3) is 0 Å². The zero-order chi connectivity index (χ0) is 13.0. The highest BCUT2D eigenvalue weighted by molar-refractivity contribution is 4.87. The first-order chi connectivity index (χ1) is 8.56. The minimum Gasteiger partial charge on any atom is -0.381 e. The van der Waals surface area contributed by atoms with Gasteiger partial charge in [-0.25, -0.2) is 0 Å². The van der Waals surface area contributed by atoms with E-state index in [4.69, 9.17) is 4.74 Å². The number of rotatable bonds is 3. The van der Waals surface area contributed by atoms with Gasteiger partial charge in [0, 0.05) is 37.4 Å². The summed E-state index contributed by atoms with van der Waals surface area (Å²) in [6, 6.07) is 1.51. The lowest BCUT2D eigenvalue weighted by atomic mass is 9.95. The molecule has 1 unspecified atom stereocenters. The second kappa shape index (κ2) is 6.36. The molecule has 0 aliphatic carbocycles. The number of hydrogen-bond donors (Lipinski definition) is 1. The van der Waals surface area contributed by atoms with Gasteiger partial charge in [-0.05, 0) is 53.0 Å². The third-order valence-electron chi connectivity index (χ3n) is 4.20. The summed E-state index contributed by atoms with van der Waals surface area (Å²) in [5, 5.41) is 3.69. The smallest absolute Gasteiger partial charge is 0.0480 e. The molecule has 0 aromatic rings. The van der Waals surface area contributed by atoms with Gasteiger partial charge in [0.2, 0.25) is 0 Å². The molecular weight excluding hydrogens is 224 g/mol. The monoisotopic (exact) mass is 254 g/mol. The third-order valence-corrected chi connectivity index (χ3v) is 4.20. The van der Waals surface area contributed by atoms with E-state index in [0.29, 0.717) is 0 Å². The average Bonchev–Trinajstić information content (AvgIpc) is 2.37. The SMILES string of the molecule is CC(C)(C)NCC1CCCCN1C1CCOCC1. The van der Waals surface area contributed by atoms with Crippen molar-refractivity contribution >= 4 is 0 Å². The van der Waals surface area contributed by atoms with E-state index >= 15 is 0 Å². The maximum Gasteiger partial charge on any atom is 0.0480 e. The van der Waals surface area contributed by atoms with Crippen LogP contribution in [0, 0.1) is 0 Å². The average molecular weight is 254 g/mol. The highest BCUT2D eigenvalue weighted by atomic mass is 16.5. The fourth-order valence-corrected chi connectivity index (χ4v) is 3.16. The van der Waals surface area contributed by atoms with Gasteiger partial charge >= 0.3 is 0 Å². The van der Waals surface area contributed by atoms with Crippen LogP contribution in [0.5, 0.6) is 0 Å². The lowest BCUT2D eigenvalue weighted by Gasteiger charge is -2.43. The molecule has 0 radical (unpaired) electrons. The molecular formula is C15H30N2O. The molecule has 0 aromatic carbocycles. The van der Waals surface area contributed by atoms with E-state index in [9.17, 15) is 0 Å². The standard InChI is InChI=1S/C15H30N2O/c1-15(2,3)16-12-14-6-4-5-9-17(14)13-7-10-18-11-8-13/h13-14,16H,4-12H2,1-3H3. The van der Waals surface area contributed by atoms with Gasteiger partial charge in [-0.2, -0.15) is 0 Å². The maximum absolute atomic E-state index is 5.50. The van der Waals surface area contributed by atoms with Crippen LogP contribution in [0.15, 0.2) is 0 Å². The molecule has 3 heteroatoms. The Balaban J connectivity index is 1.88. The summed E-state index contributed by atoms with van der Waals surface area (Å²) >= 11 is 0. The van der Waals surface area contributed by atoms with E-state index in [1.54, 1.807) is 0 Å². The molecule has 2 heterocycles. The number of nitrogens with one attached hydrogen (secondary N) is 1. The van der Waals surface area contributed by atoms with Crippen LogP contribution in [0.3, 0.4) is 0 Å². The van der Waals surface area contributed by atoms with Crippen molar-refractivity contribution in [3.05, 3.63) is 0 Å². The summed E-state index contributed by atoms with van der Waals surface area (Å²) < 4.78 is 5.50. The molecule has 0 bridgehead atoms. The molecule has 3 nitrogen and oxygen atoms in total. The molecule has 2 aliphatic rings. The summed E-state index contributed by atoms with van der Waals surface area (Å²) in [6.45, 7) is 11.1. The van der Waals surface area contributed by atoms with E-state index in [0.717, 1.165) is 31.8 Å². The molecule has 0 spiro atoms. The lowest BCUT2D eigenvalue weighted by molar-refractivity contribution is 0.00380. The van der Waals surface area contributed by atoms with Crippen molar-refractivity contribution in [3.8, 4) is 0 Å². The van der Waals surface area contributed by atoms with Crippen LogP contribution >= 0.6 is 0 Å². The summed E-state index contributed by atoms with van der Waals surface area (Å²) in [5.74, 6) is 0. The molecule has 1 atom stereocenters. The number of hydrogen-bond acceptors (Lipinski definition) is 3. The van der Waals surface area contributed by atoms with E-state index in [-0.39, 0.29) is 5.54 Å². The molecule has 18 heavy (non-hydrogen) atoms. The van der Waals surface area contributed by atoms with Gasteiger partial charge in [0.05, 0.1) is 0 Å². The van der Waals surface area contributed by atoms with Crippen LogP contribution in [0.25, 0.3) is 0 Å². The number of ether oxygens (including phenoxy) is 1. The van der Waals surface area contributed by atoms with Crippen LogP contribution in [0.4, 0.5) is 0 Å². The zero-order valence-corrected chi connectivity index (χ0v) is 12.4. The molecule has 2 fully saturated rings. The van der Waals surface area contributed by atoms with Crippen molar-refractivity contribution in [2.45, 2.75) is 70.5 Å². The molecule has 106 valence electrons. The Kier molecular flexibility index (Phi) is 5.05. The van der Waals surface area contributed by atoms with Crippen molar-refractivity contribution < 1.29 is 4.74 Å². The Morgan fingerprint density at radius 1 is 1.11 bits per heavy atom. The predicted molar refractivity (Wildman–Crippen MR) is 75.9 cm³/mol. The van der Waals surface area contributed by atoms with Crippen LogP contribution in [0.1, 0.15) is 52.9 Å². The van der Waals surface area contributed by atoms with Gasteiger partial charge < -0.3 is 10.1 Å². The fraction of sp³-hybridized carbons (Fsp3) is 1.00. The largest absolute Gasteiger partial charge is 0.381 e. The van der Waals surface area contributed by atoms with Crippen LogP contribution in [-0.2, 0) is 4.74 Å². The van der Waals surface area contributed by atoms with Gasteiger partial charge in [0.15, 0.2) is 0 Å². The Morgan fingerprint density at radius 2 is 1.83 bits per heavy atom. The van der Waals surface area contributed by atoms with E-state index in [1.807, 2.05) is 0 Å². The highest BCUT2D eigenvalue weighted by Crippen LogP contribution is 2.24. The molecule has 0 saturated carbocycles. The van der Waals surface area contributed by atoms with E-state index < -0.39 is 0 Å². The molecule has 1 N–H and O–H groups in total. The summed E-state index contributed by atoms with van der Waals surface area (Å²) in [6.07, 6.45) is 6.60. The van der Waals surface area contributed by atoms with Crippen molar-refractivity contribution in [2.24, 2.45) is 0 Å². The topological polar surface area (TPSA) is 24.5 Å². The zero-order valence-electron chi connectivity index (χ0n) is 12.4. The Bertz CT molecular complexity index is 243. The normalized spacial score (nSPS) is 28.5. The highest BCUT2D eigenvalue weighted by Gasteiger charge is 2.30. The minimum atomic E-state index is 0.235. The molecule has 2 rings (SSSR count). The maximum atomic E-state index is 5.50. The van der Waals surface area contributed by atoms with Crippen LogP contribution in [0.2, 0.25) is 0 Å². The first-order valence-corrected chi connectivity index (χ1v) is 7.65. The van der Waals surface area contributed by atoms with Crippen molar-refractivity contribution in [1.82, 2.24) is 10.2 Å². The summed E-state index contributed by atoms with van der Waals surface area (Å²) in [5.41, 5.74) is 0.235. The van der Waals surface area contributed by atoms with Gasteiger partial charge in [-0.1, -0.05) is 6.42 Å². The molecule has 2 saturated heterocycles. The van der Waals surface area contributed by atoms with Crippen molar-refractivity contribution in [3.63, 3.8) is 0 Å². The van der Waals surface area contributed by atoms with Gasteiger partial charge in [-0.3, -0.25) is 4.90 Å². The van der Waals surface area contributed by atoms with E-state index in [1.165, 1.54) is 38.6 Å².